The fourth-order valence-electron chi connectivity index (χ4n) is 3.48. The van der Waals surface area contributed by atoms with Crippen LogP contribution in [-0.4, -0.2) is 41.0 Å². The van der Waals surface area contributed by atoms with Crippen LogP contribution in [0.1, 0.15) is 44.9 Å². The molecule has 2 fully saturated rings. The van der Waals surface area contributed by atoms with Crippen molar-refractivity contribution in [2.45, 2.75) is 51.0 Å². The molecule has 1 heterocycles. The first-order chi connectivity index (χ1) is 9.15. The maximum absolute atomic E-state index is 12.6. The zero-order chi connectivity index (χ0) is 13.8. The molecule has 1 saturated carbocycles. The van der Waals surface area contributed by atoms with Crippen molar-refractivity contribution in [2.24, 2.45) is 17.6 Å². The molecule has 2 unspecified atom stereocenters. The van der Waals surface area contributed by atoms with E-state index in [0.717, 1.165) is 38.5 Å². The Morgan fingerprint density at radius 3 is 2.47 bits per heavy atom. The number of hydrogen-bond donors (Lipinski definition) is 2. The van der Waals surface area contributed by atoms with Crippen LogP contribution < -0.4 is 5.73 Å². The van der Waals surface area contributed by atoms with Crippen molar-refractivity contribution in [1.29, 1.82) is 0 Å². The van der Waals surface area contributed by atoms with Gasteiger partial charge in [-0.1, -0.05) is 12.8 Å². The first-order valence-corrected chi connectivity index (χ1v) is 7.38. The molecular weight excluding hydrogens is 244 g/mol. The molecule has 0 spiro atoms. The maximum Gasteiger partial charge on any atom is 0.326 e. The lowest BCUT2D eigenvalue weighted by Gasteiger charge is -2.38. The van der Waals surface area contributed by atoms with Gasteiger partial charge in [-0.05, 0) is 44.6 Å². The summed E-state index contributed by atoms with van der Waals surface area (Å²) in [5, 5.41) is 9.26. The normalized spacial score (nSPS) is 32.1. The molecule has 0 aromatic rings. The van der Waals surface area contributed by atoms with Crippen LogP contribution in [0.5, 0.6) is 0 Å². The molecule has 1 aliphatic heterocycles. The molecule has 5 nitrogen and oxygen atoms in total. The van der Waals surface area contributed by atoms with Crippen molar-refractivity contribution in [3.63, 3.8) is 0 Å². The first-order valence-electron chi connectivity index (χ1n) is 7.38. The second kappa shape index (κ2) is 6.37. The van der Waals surface area contributed by atoms with Gasteiger partial charge in [0.2, 0.25) is 5.91 Å². The van der Waals surface area contributed by atoms with Gasteiger partial charge in [-0.3, -0.25) is 4.79 Å². The van der Waals surface area contributed by atoms with Gasteiger partial charge < -0.3 is 15.7 Å². The van der Waals surface area contributed by atoms with Crippen LogP contribution in [-0.2, 0) is 9.59 Å². The highest BCUT2D eigenvalue weighted by Crippen LogP contribution is 2.32. The lowest BCUT2D eigenvalue weighted by atomic mass is 9.78. The third kappa shape index (κ3) is 3.08. The Morgan fingerprint density at radius 1 is 1.11 bits per heavy atom. The molecule has 0 bridgehead atoms. The second-order valence-corrected chi connectivity index (χ2v) is 5.77. The minimum absolute atomic E-state index is 0.0299. The van der Waals surface area contributed by atoms with E-state index in [4.69, 9.17) is 5.73 Å². The number of likely N-dealkylation sites (tertiary alicyclic amines) is 1. The summed E-state index contributed by atoms with van der Waals surface area (Å²) in [7, 11) is 0. The van der Waals surface area contributed by atoms with Gasteiger partial charge in [-0.25, -0.2) is 4.79 Å². The fourth-order valence-corrected chi connectivity index (χ4v) is 3.48. The van der Waals surface area contributed by atoms with Gasteiger partial charge in [0.1, 0.15) is 6.04 Å². The van der Waals surface area contributed by atoms with E-state index < -0.39 is 12.0 Å². The maximum atomic E-state index is 12.6. The lowest BCUT2D eigenvalue weighted by molar-refractivity contribution is -0.155. The number of amides is 1. The Balaban J connectivity index is 2.09. The molecule has 3 atom stereocenters. The molecule has 3 N–H and O–H groups in total. The predicted octanol–water partition coefficient (Wildman–Crippen LogP) is 1.22. The van der Waals surface area contributed by atoms with Gasteiger partial charge >= 0.3 is 5.97 Å². The van der Waals surface area contributed by atoms with Crippen LogP contribution in [0.4, 0.5) is 0 Å². The van der Waals surface area contributed by atoms with Crippen molar-refractivity contribution in [3.05, 3.63) is 0 Å². The van der Waals surface area contributed by atoms with Crippen LogP contribution in [0.15, 0.2) is 0 Å². The molecule has 108 valence electrons. The summed E-state index contributed by atoms with van der Waals surface area (Å²) >= 11 is 0. The van der Waals surface area contributed by atoms with E-state index in [9.17, 15) is 14.7 Å². The Labute approximate surface area is 114 Å². The number of piperidine rings is 1. The molecule has 0 aromatic heterocycles. The summed E-state index contributed by atoms with van der Waals surface area (Å²) in [5.41, 5.74) is 5.77. The summed E-state index contributed by atoms with van der Waals surface area (Å²) < 4.78 is 0. The minimum Gasteiger partial charge on any atom is -0.480 e. The van der Waals surface area contributed by atoms with Gasteiger partial charge in [-0.15, -0.1) is 0 Å². The molecule has 1 amide bonds. The average Bonchev–Trinajstić information content (AvgIpc) is 2.46. The molecule has 1 saturated heterocycles. The van der Waals surface area contributed by atoms with Gasteiger partial charge in [-0.2, -0.15) is 0 Å². The molecule has 1 aliphatic carbocycles. The monoisotopic (exact) mass is 268 g/mol. The molecule has 0 aromatic carbocycles. The predicted molar refractivity (Wildman–Crippen MR) is 71.5 cm³/mol. The number of rotatable bonds is 3. The number of nitrogens with two attached hydrogens (primary N) is 1. The molecule has 5 heteroatoms. The van der Waals surface area contributed by atoms with E-state index >= 15 is 0 Å². The van der Waals surface area contributed by atoms with Gasteiger partial charge in [0.05, 0.1) is 0 Å². The Morgan fingerprint density at radius 2 is 1.79 bits per heavy atom. The Bertz CT molecular complexity index is 346. The fraction of sp³-hybridized carbons (Fsp3) is 0.857. The third-order valence-corrected chi connectivity index (χ3v) is 4.60. The molecule has 0 radical (unpaired) electrons. The largest absolute Gasteiger partial charge is 0.480 e. The molecule has 2 aliphatic rings. The van der Waals surface area contributed by atoms with E-state index in [1.165, 1.54) is 0 Å². The van der Waals surface area contributed by atoms with E-state index in [-0.39, 0.29) is 17.7 Å². The molecule has 2 rings (SSSR count). The van der Waals surface area contributed by atoms with Crippen molar-refractivity contribution < 1.29 is 14.7 Å². The summed E-state index contributed by atoms with van der Waals surface area (Å²) in [6, 6.07) is -0.624. The number of aliphatic carboxylic acids is 1. The van der Waals surface area contributed by atoms with E-state index in [0.29, 0.717) is 19.5 Å². The lowest BCUT2D eigenvalue weighted by Crippen LogP contribution is -2.52. The quantitative estimate of drug-likeness (QED) is 0.806. The van der Waals surface area contributed by atoms with Crippen LogP contribution >= 0.6 is 0 Å². The second-order valence-electron chi connectivity index (χ2n) is 5.77. The van der Waals surface area contributed by atoms with Crippen LogP contribution in [0, 0.1) is 11.8 Å². The Kier molecular flexibility index (Phi) is 4.80. The zero-order valence-electron chi connectivity index (χ0n) is 11.4. The van der Waals surface area contributed by atoms with Crippen molar-refractivity contribution >= 4 is 11.9 Å². The van der Waals surface area contributed by atoms with Crippen molar-refractivity contribution in [1.82, 2.24) is 4.90 Å². The van der Waals surface area contributed by atoms with Gasteiger partial charge in [0.25, 0.3) is 0 Å². The summed E-state index contributed by atoms with van der Waals surface area (Å²) in [4.78, 5) is 25.5. The molecule has 19 heavy (non-hydrogen) atoms. The van der Waals surface area contributed by atoms with Crippen LogP contribution in [0.25, 0.3) is 0 Å². The van der Waals surface area contributed by atoms with Gasteiger partial charge in [0, 0.05) is 12.5 Å². The van der Waals surface area contributed by atoms with Crippen LogP contribution in [0.3, 0.4) is 0 Å². The highest BCUT2D eigenvalue weighted by Gasteiger charge is 2.38. The first kappa shape index (κ1) is 14.3. The number of carboxylic acids is 1. The highest BCUT2D eigenvalue weighted by atomic mass is 16.4. The summed E-state index contributed by atoms with van der Waals surface area (Å²) in [5.74, 6) is -0.660. The summed E-state index contributed by atoms with van der Waals surface area (Å²) in [6.07, 6.45) is 6.44. The SMILES string of the molecule is NCC1CCCCC1C(=O)N1CCCC[C@H]1C(=O)O. The average molecular weight is 268 g/mol. The van der Waals surface area contributed by atoms with Crippen molar-refractivity contribution in [3.8, 4) is 0 Å². The number of carbonyl (C=O) groups excluding carboxylic acids is 1. The Hall–Kier alpha value is -1.10. The zero-order valence-corrected chi connectivity index (χ0v) is 11.4. The standard InChI is InChI=1S/C14H24N2O3/c15-9-10-5-1-2-6-11(10)13(17)16-8-4-3-7-12(16)14(18)19/h10-12H,1-9,15H2,(H,18,19)/t10?,11?,12-/m0/s1. The number of carboxylic acid groups (broad SMARTS) is 1. The summed E-state index contributed by atoms with van der Waals surface area (Å²) in [6.45, 7) is 1.12. The highest BCUT2D eigenvalue weighted by molar-refractivity contribution is 5.85. The molecular formula is C14H24N2O3. The number of carbonyl (C=O) groups is 2. The van der Waals surface area contributed by atoms with E-state index in [2.05, 4.69) is 0 Å². The van der Waals surface area contributed by atoms with Crippen LogP contribution in [0.2, 0.25) is 0 Å². The van der Waals surface area contributed by atoms with Gasteiger partial charge in [0.15, 0.2) is 0 Å². The third-order valence-electron chi connectivity index (χ3n) is 4.60. The van der Waals surface area contributed by atoms with E-state index in [1.807, 2.05) is 0 Å². The van der Waals surface area contributed by atoms with Crippen molar-refractivity contribution in [2.75, 3.05) is 13.1 Å². The minimum atomic E-state index is -0.867. The smallest absolute Gasteiger partial charge is 0.326 e. The number of hydrogen-bond acceptors (Lipinski definition) is 3. The number of nitrogens with zero attached hydrogens (tertiary/aromatic N) is 1. The topological polar surface area (TPSA) is 83.6 Å². The van der Waals surface area contributed by atoms with E-state index in [1.54, 1.807) is 4.90 Å².